The summed E-state index contributed by atoms with van der Waals surface area (Å²) in [6.45, 7) is 1.93. The van der Waals surface area contributed by atoms with E-state index in [0.29, 0.717) is 12.3 Å². The van der Waals surface area contributed by atoms with Crippen molar-refractivity contribution >= 4 is 29.8 Å². The van der Waals surface area contributed by atoms with E-state index < -0.39 is 11.6 Å². The van der Waals surface area contributed by atoms with Crippen molar-refractivity contribution in [2.75, 3.05) is 6.61 Å². The number of nitrogens with one attached hydrogen (secondary N) is 1. The minimum Gasteiger partial charge on any atom is -0.494 e. The number of rotatable bonds is 6. The third kappa shape index (κ3) is 3.88. The second-order valence-corrected chi connectivity index (χ2v) is 6.07. The lowest BCUT2D eigenvalue weighted by Crippen LogP contribution is -2.14. The predicted molar refractivity (Wildman–Crippen MR) is 94.1 cm³/mol. The molecule has 3 N–H and O–H groups in total. The Kier molecular flexibility index (Phi) is 5.90. The Bertz CT molecular complexity index is 783. The summed E-state index contributed by atoms with van der Waals surface area (Å²) in [7, 11) is 0. The summed E-state index contributed by atoms with van der Waals surface area (Å²) in [5.74, 6) is -1.37. The fourth-order valence-corrected chi connectivity index (χ4v) is 3.01. The first kappa shape index (κ1) is 19.5. The molecule has 1 aromatic heterocycles. The number of nitrogens with zero attached hydrogens (tertiary/aromatic N) is 2. The fourth-order valence-electron chi connectivity index (χ4n) is 2.62. The molecule has 0 atom stereocenters. The average Bonchev–Trinajstić information content (AvgIpc) is 3.27. The van der Waals surface area contributed by atoms with Crippen molar-refractivity contribution in [1.82, 2.24) is 9.78 Å². The van der Waals surface area contributed by atoms with Crippen molar-refractivity contribution < 1.29 is 13.5 Å². The molecule has 0 spiro atoms. The summed E-state index contributed by atoms with van der Waals surface area (Å²) in [4.78, 5) is 0. The van der Waals surface area contributed by atoms with E-state index in [1.807, 2.05) is 0 Å². The van der Waals surface area contributed by atoms with E-state index >= 15 is 0 Å². The zero-order valence-electron chi connectivity index (χ0n) is 13.5. The molecule has 0 saturated heterocycles. The molecule has 1 heterocycles. The van der Waals surface area contributed by atoms with Gasteiger partial charge < -0.3 is 10.5 Å². The predicted octanol–water partition coefficient (Wildman–Crippen LogP) is 3.84. The quantitative estimate of drug-likeness (QED) is 0.580. The van der Waals surface area contributed by atoms with Gasteiger partial charge in [0, 0.05) is 23.6 Å². The molecule has 1 aliphatic rings. The molecule has 5 nitrogen and oxygen atoms in total. The third-order valence-corrected chi connectivity index (χ3v) is 4.26. The van der Waals surface area contributed by atoms with Crippen LogP contribution in [0.4, 0.5) is 8.78 Å². The van der Waals surface area contributed by atoms with Crippen LogP contribution in [0.15, 0.2) is 12.1 Å². The zero-order valence-corrected chi connectivity index (χ0v) is 15.1. The highest BCUT2D eigenvalue weighted by Crippen LogP contribution is 2.44. The van der Waals surface area contributed by atoms with Gasteiger partial charge in [-0.1, -0.05) is 11.6 Å². The molecule has 0 radical (unpaired) electrons. The van der Waals surface area contributed by atoms with Gasteiger partial charge in [-0.25, -0.2) is 8.78 Å². The summed E-state index contributed by atoms with van der Waals surface area (Å²) in [6, 6.07) is 2.30. The van der Waals surface area contributed by atoms with Gasteiger partial charge in [0.05, 0.1) is 23.9 Å². The highest BCUT2D eigenvalue weighted by atomic mass is 35.5. The van der Waals surface area contributed by atoms with Crippen LogP contribution in [0, 0.1) is 17.0 Å². The number of halogens is 4. The van der Waals surface area contributed by atoms with Crippen LogP contribution >= 0.6 is 24.0 Å². The van der Waals surface area contributed by atoms with Crippen molar-refractivity contribution in [2.24, 2.45) is 5.73 Å². The summed E-state index contributed by atoms with van der Waals surface area (Å²) >= 11 is 6.26. The fraction of sp³-hybridized carbons (Fsp3) is 0.375. The smallest absolute Gasteiger partial charge is 0.145 e. The lowest BCUT2D eigenvalue weighted by Gasteiger charge is -2.11. The van der Waals surface area contributed by atoms with E-state index in [1.165, 1.54) is 4.68 Å². The van der Waals surface area contributed by atoms with Crippen molar-refractivity contribution in [3.05, 3.63) is 45.7 Å². The lowest BCUT2D eigenvalue weighted by atomic mass is 10.1. The molecule has 2 aromatic rings. The van der Waals surface area contributed by atoms with Gasteiger partial charge in [-0.15, -0.1) is 12.4 Å². The third-order valence-electron chi connectivity index (χ3n) is 3.88. The molecule has 1 aromatic carbocycles. The first-order chi connectivity index (χ1) is 11.4. The van der Waals surface area contributed by atoms with E-state index in [0.717, 1.165) is 25.0 Å². The molecule has 1 saturated carbocycles. The molecule has 25 heavy (non-hydrogen) atoms. The maximum absolute atomic E-state index is 14.3. The Labute approximate surface area is 155 Å². The van der Waals surface area contributed by atoms with Gasteiger partial charge in [-0.3, -0.25) is 10.1 Å². The van der Waals surface area contributed by atoms with Gasteiger partial charge in [0.15, 0.2) is 0 Å². The van der Waals surface area contributed by atoms with Crippen LogP contribution in [0.1, 0.15) is 42.6 Å². The molecule has 0 amide bonds. The molecule has 1 fully saturated rings. The molecule has 0 aliphatic heterocycles. The van der Waals surface area contributed by atoms with Gasteiger partial charge in [-0.2, -0.15) is 5.10 Å². The van der Waals surface area contributed by atoms with Crippen LogP contribution in [0.2, 0.25) is 5.02 Å². The van der Waals surface area contributed by atoms with Gasteiger partial charge in [-0.05, 0) is 19.8 Å². The standard InChI is InChI=1S/C16H17ClF2N4O.ClH/c1-2-24-9-5-11(18)10(12(19)6-9)7-23-15(8-3-4-8)13(17)14(22-23)16(20)21;/h5-6,8H,2-4,7H2,1H3,(H3,20,21);1H. The second-order valence-electron chi connectivity index (χ2n) is 5.69. The molecule has 3 rings (SSSR count). The number of nitrogen functional groups attached to an aromatic ring is 1. The van der Waals surface area contributed by atoms with Gasteiger partial charge >= 0.3 is 0 Å². The Morgan fingerprint density at radius 3 is 2.48 bits per heavy atom. The number of hydrogen-bond acceptors (Lipinski definition) is 3. The Morgan fingerprint density at radius 2 is 2.00 bits per heavy atom. The molecule has 9 heteroatoms. The van der Waals surface area contributed by atoms with Gasteiger partial charge in [0.1, 0.15) is 28.9 Å². The van der Waals surface area contributed by atoms with E-state index in [4.69, 9.17) is 27.5 Å². The topological polar surface area (TPSA) is 76.9 Å². The minimum absolute atomic E-state index is 0. The molecular formula is C16H18Cl2F2N4O. The van der Waals surface area contributed by atoms with E-state index in [9.17, 15) is 8.78 Å². The Balaban J connectivity index is 0.00000225. The molecular weight excluding hydrogens is 373 g/mol. The lowest BCUT2D eigenvalue weighted by molar-refractivity contribution is 0.335. The first-order valence-corrected chi connectivity index (χ1v) is 8.01. The van der Waals surface area contributed by atoms with Gasteiger partial charge in [0.25, 0.3) is 0 Å². The summed E-state index contributed by atoms with van der Waals surface area (Å²) in [5.41, 5.74) is 6.17. The van der Waals surface area contributed by atoms with Gasteiger partial charge in [0.2, 0.25) is 0 Å². The van der Waals surface area contributed by atoms with Crippen LogP contribution in [0.3, 0.4) is 0 Å². The van der Waals surface area contributed by atoms with Crippen LogP contribution in [0.5, 0.6) is 5.75 Å². The molecule has 1 aliphatic carbocycles. The summed E-state index contributed by atoms with van der Waals surface area (Å²) in [6.07, 6.45) is 1.86. The number of benzene rings is 1. The Morgan fingerprint density at radius 1 is 1.40 bits per heavy atom. The maximum atomic E-state index is 14.3. The summed E-state index contributed by atoms with van der Waals surface area (Å²) < 4.78 is 35.1. The molecule has 0 unspecified atom stereocenters. The van der Waals surface area contributed by atoms with Crippen molar-refractivity contribution in [3.8, 4) is 5.75 Å². The van der Waals surface area contributed by atoms with Crippen molar-refractivity contribution in [1.29, 1.82) is 5.41 Å². The second kappa shape index (κ2) is 7.58. The SMILES string of the molecule is CCOc1cc(F)c(Cn2nc(C(=N)N)c(Cl)c2C2CC2)c(F)c1.Cl. The molecule has 136 valence electrons. The van der Waals surface area contributed by atoms with E-state index in [1.54, 1.807) is 6.92 Å². The van der Waals surface area contributed by atoms with Crippen LogP contribution in [0.25, 0.3) is 0 Å². The van der Waals surface area contributed by atoms with E-state index in [-0.39, 0.29) is 52.7 Å². The maximum Gasteiger partial charge on any atom is 0.145 e. The highest BCUT2D eigenvalue weighted by molar-refractivity contribution is 6.34. The number of nitrogens with two attached hydrogens (primary N) is 1. The van der Waals surface area contributed by atoms with Crippen molar-refractivity contribution in [3.63, 3.8) is 0 Å². The van der Waals surface area contributed by atoms with E-state index in [2.05, 4.69) is 5.10 Å². The van der Waals surface area contributed by atoms with Crippen molar-refractivity contribution in [2.45, 2.75) is 32.2 Å². The number of amidine groups is 1. The highest BCUT2D eigenvalue weighted by Gasteiger charge is 2.33. The Hall–Kier alpha value is -1.86. The van der Waals surface area contributed by atoms with Crippen LogP contribution < -0.4 is 10.5 Å². The van der Waals surface area contributed by atoms with Crippen LogP contribution in [-0.4, -0.2) is 22.2 Å². The summed E-state index contributed by atoms with van der Waals surface area (Å²) in [5, 5.41) is 12.0. The number of aromatic nitrogens is 2. The largest absolute Gasteiger partial charge is 0.494 e. The number of hydrogen-bond donors (Lipinski definition) is 2. The zero-order chi connectivity index (χ0) is 17.4. The molecule has 0 bridgehead atoms. The first-order valence-electron chi connectivity index (χ1n) is 7.63. The average molecular weight is 391 g/mol. The normalized spacial score (nSPS) is 13.4. The van der Waals surface area contributed by atoms with Crippen LogP contribution in [-0.2, 0) is 6.54 Å². The monoisotopic (exact) mass is 390 g/mol. The number of ether oxygens (including phenoxy) is 1. The minimum atomic E-state index is -0.712.